The Kier molecular flexibility index (Phi) is 7.62. The second-order valence-electron chi connectivity index (χ2n) is 13.9. The Morgan fingerprint density at radius 3 is 2.36 bits per heavy atom. The highest BCUT2D eigenvalue weighted by atomic mass is 16.6. The highest BCUT2D eigenvalue weighted by Crippen LogP contribution is 2.68. The maximum atomic E-state index is 13.0. The maximum Gasteiger partial charge on any atom is 0.408 e. The van der Waals surface area contributed by atoms with E-state index >= 15 is 0 Å². The number of fused-ring (bicyclic) bond motifs is 5. The Balaban J connectivity index is 1.17. The molecule has 0 aromatic heterocycles. The van der Waals surface area contributed by atoms with Crippen LogP contribution in [0.4, 0.5) is 4.79 Å². The average molecular weight is 538 g/mol. The molecule has 5 rings (SSSR count). The zero-order chi connectivity index (χ0) is 28.0. The molecule has 1 N–H and O–H groups in total. The molecule has 0 heterocycles. The summed E-state index contributed by atoms with van der Waals surface area (Å²) in [6.07, 6.45) is 9.22. The van der Waals surface area contributed by atoms with Crippen molar-refractivity contribution < 1.29 is 23.9 Å². The fourth-order valence-corrected chi connectivity index (χ4v) is 9.51. The monoisotopic (exact) mass is 537 g/mol. The van der Waals surface area contributed by atoms with E-state index in [0.29, 0.717) is 29.5 Å². The van der Waals surface area contributed by atoms with Crippen LogP contribution in [0.15, 0.2) is 30.3 Å². The van der Waals surface area contributed by atoms with E-state index in [2.05, 4.69) is 26.1 Å². The minimum Gasteiger partial charge on any atom is -0.458 e. The van der Waals surface area contributed by atoms with Crippen molar-refractivity contribution >= 4 is 17.8 Å². The molecule has 0 saturated heterocycles. The Hall–Kier alpha value is -2.37. The average Bonchev–Trinajstić information content (AvgIpc) is 3.26. The molecule has 0 radical (unpaired) electrons. The fourth-order valence-electron chi connectivity index (χ4n) is 9.51. The first-order valence-electron chi connectivity index (χ1n) is 15.2. The van der Waals surface area contributed by atoms with Gasteiger partial charge in [0.15, 0.2) is 0 Å². The smallest absolute Gasteiger partial charge is 0.408 e. The molecule has 1 aromatic carbocycles. The fraction of sp³-hybridized carbons (Fsp3) is 0.727. The number of hydrogen-bond donors (Lipinski definition) is 1. The minimum absolute atomic E-state index is 0.157. The standard InChI is InChI=1S/C33H47NO5/c1-21(34-30(37)38-20-23-9-7-6-8-10-23)29(36)39-31(3)17-18-32(4)24(19-31)11-12-25-27-14-13-26(22(2)35)33(27,5)16-15-28(25)32/h6-10,21,24-28H,11-20H2,1-5H3,(H,34,37)/t21-,24-,25-,26+,27-,28-,31+,32-,33+/m0/s1. The van der Waals surface area contributed by atoms with Crippen LogP contribution in [0.1, 0.15) is 98.0 Å². The molecule has 4 saturated carbocycles. The molecule has 6 heteroatoms. The topological polar surface area (TPSA) is 81.7 Å². The second-order valence-corrected chi connectivity index (χ2v) is 13.9. The number of nitrogens with one attached hydrogen (secondary N) is 1. The number of esters is 1. The lowest BCUT2D eigenvalue weighted by Gasteiger charge is -2.62. The predicted molar refractivity (Wildman–Crippen MR) is 150 cm³/mol. The van der Waals surface area contributed by atoms with Gasteiger partial charge in [-0.15, -0.1) is 0 Å². The molecule has 0 aliphatic heterocycles. The van der Waals surface area contributed by atoms with Crippen molar-refractivity contribution in [2.45, 2.75) is 111 Å². The lowest BCUT2D eigenvalue weighted by Crippen LogP contribution is -2.56. The molecule has 0 spiro atoms. The van der Waals surface area contributed by atoms with Gasteiger partial charge in [0.05, 0.1) is 0 Å². The van der Waals surface area contributed by atoms with Crippen molar-refractivity contribution in [3.8, 4) is 0 Å². The summed E-state index contributed by atoms with van der Waals surface area (Å²) in [6.45, 7) is 10.6. The number of alkyl carbamates (subject to hydrolysis) is 1. The third-order valence-corrected chi connectivity index (χ3v) is 11.7. The maximum absolute atomic E-state index is 13.0. The van der Waals surface area contributed by atoms with Crippen molar-refractivity contribution in [1.82, 2.24) is 5.32 Å². The Bertz CT molecular complexity index is 1090. The van der Waals surface area contributed by atoms with Gasteiger partial charge < -0.3 is 14.8 Å². The van der Waals surface area contributed by atoms with E-state index in [1.54, 1.807) is 13.8 Å². The molecule has 39 heavy (non-hydrogen) atoms. The molecule has 9 atom stereocenters. The molecule has 0 unspecified atom stereocenters. The van der Waals surface area contributed by atoms with Crippen LogP contribution in [-0.4, -0.2) is 29.5 Å². The lowest BCUT2D eigenvalue weighted by atomic mass is 9.44. The van der Waals surface area contributed by atoms with Crippen molar-refractivity contribution in [2.24, 2.45) is 40.4 Å². The highest BCUT2D eigenvalue weighted by molar-refractivity contribution is 5.81. The van der Waals surface area contributed by atoms with E-state index in [1.807, 2.05) is 30.3 Å². The summed E-state index contributed by atoms with van der Waals surface area (Å²) in [4.78, 5) is 37.7. The molecule has 0 bridgehead atoms. The van der Waals surface area contributed by atoms with E-state index in [0.717, 1.165) is 31.2 Å². The van der Waals surface area contributed by atoms with Crippen LogP contribution in [0.25, 0.3) is 0 Å². The van der Waals surface area contributed by atoms with Crippen molar-refractivity contribution in [3.05, 3.63) is 35.9 Å². The first kappa shape index (κ1) is 28.2. The van der Waals surface area contributed by atoms with Crippen molar-refractivity contribution in [2.75, 3.05) is 0 Å². The third kappa shape index (κ3) is 5.25. The van der Waals surface area contributed by atoms with E-state index < -0.39 is 23.7 Å². The quantitative estimate of drug-likeness (QED) is 0.401. The molecule has 6 nitrogen and oxygen atoms in total. The van der Waals surface area contributed by atoms with Crippen LogP contribution in [0.5, 0.6) is 0 Å². The molecule has 1 aromatic rings. The normalized spacial score (nSPS) is 39.9. The van der Waals surface area contributed by atoms with Gasteiger partial charge in [-0.2, -0.15) is 0 Å². The first-order valence-corrected chi connectivity index (χ1v) is 15.2. The van der Waals surface area contributed by atoms with Gasteiger partial charge in [-0.3, -0.25) is 4.79 Å². The Labute approximate surface area is 234 Å². The van der Waals surface area contributed by atoms with Gasteiger partial charge >= 0.3 is 12.1 Å². The van der Waals surface area contributed by atoms with E-state index in [1.165, 1.54) is 32.1 Å². The summed E-state index contributed by atoms with van der Waals surface area (Å²) in [6, 6.07) is 8.69. The minimum atomic E-state index is -0.776. The van der Waals surface area contributed by atoms with Crippen LogP contribution < -0.4 is 5.32 Å². The van der Waals surface area contributed by atoms with Crippen LogP contribution >= 0.6 is 0 Å². The SMILES string of the molecule is CC(=O)[C@H]1CC[C@H]2[C@@H]3CC[C@H]4C[C@](C)(OC(=O)[C@H](C)NC(=O)OCc5ccccc5)CC[C@]4(C)[C@H]3CC[C@]12C. The molecule has 4 fully saturated rings. The molecule has 4 aliphatic carbocycles. The van der Waals surface area contributed by atoms with Crippen LogP contribution in [0.2, 0.25) is 0 Å². The number of Topliss-reactive ketones (excluding diaryl/α,β-unsaturated/α-hetero) is 1. The van der Waals surface area contributed by atoms with Gasteiger partial charge in [-0.1, -0.05) is 44.2 Å². The van der Waals surface area contributed by atoms with Crippen molar-refractivity contribution in [1.29, 1.82) is 0 Å². The summed E-state index contributed by atoms with van der Waals surface area (Å²) in [5, 5.41) is 2.63. The molecule has 1 amide bonds. The summed E-state index contributed by atoms with van der Waals surface area (Å²) < 4.78 is 11.4. The van der Waals surface area contributed by atoms with E-state index in [4.69, 9.17) is 9.47 Å². The van der Waals surface area contributed by atoms with Crippen LogP contribution in [-0.2, 0) is 25.7 Å². The molecule has 214 valence electrons. The lowest BCUT2D eigenvalue weighted by molar-refractivity contribution is -0.182. The molecule has 4 aliphatic rings. The van der Waals surface area contributed by atoms with Gasteiger partial charge in [-0.25, -0.2) is 9.59 Å². The van der Waals surface area contributed by atoms with Crippen LogP contribution in [0.3, 0.4) is 0 Å². The van der Waals surface area contributed by atoms with Gasteiger partial charge in [0.2, 0.25) is 0 Å². The number of carbonyl (C=O) groups excluding carboxylic acids is 3. The second kappa shape index (κ2) is 10.6. The number of ether oxygens (including phenoxy) is 2. The summed E-state index contributed by atoms with van der Waals surface area (Å²) in [5.41, 5.74) is 0.814. The predicted octanol–water partition coefficient (Wildman–Crippen LogP) is 6.85. The highest BCUT2D eigenvalue weighted by Gasteiger charge is 2.61. The van der Waals surface area contributed by atoms with Crippen molar-refractivity contribution in [3.63, 3.8) is 0 Å². The molecular formula is C33H47NO5. The zero-order valence-electron chi connectivity index (χ0n) is 24.5. The summed E-state index contributed by atoms with van der Waals surface area (Å²) in [5.74, 6) is 2.84. The van der Waals surface area contributed by atoms with Gasteiger partial charge in [0.25, 0.3) is 0 Å². The number of ketones is 1. The Morgan fingerprint density at radius 2 is 1.64 bits per heavy atom. The third-order valence-electron chi connectivity index (χ3n) is 11.7. The number of rotatable bonds is 6. The number of amides is 1. The zero-order valence-corrected chi connectivity index (χ0v) is 24.5. The van der Waals surface area contributed by atoms with E-state index in [9.17, 15) is 14.4 Å². The number of benzene rings is 1. The summed E-state index contributed by atoms with van der Waals surface area (Å²) >= 11 is 0. The number of carbonyl (C=O) groups is 3. The largest absolute Gasteiger partial charge is 0.458 e. The van der Waals surface area contributed by atoms with Gasteiger partial charge in [0, 0.05) is 5.92 Å². The molecular weight excluding hydrogens is 490 g/mol. The van der Waals surface area contributed by atoms with Crippen LogP contribution in [0, 0.1) is 40.4 Å². The Morgan fingerprint density at radius 1 is 0.923 bits per heavy atom. The van der Waals surface area contributed by atoms with Gasteiger partial charge in [-0.05, 0) is 119 Å². The summed E-state index contributed by atoms with van der Waals surface area (Å²) in [7, 11) is 0. The van der Waals surface area contributed by atoms with E-state index in [-0.39, 0.29) is 23.4 Å². The number of hydrogen-bond acceptors (Lipinski definition) is 5. The first-order chi connectivity index (χ1) is 18.4. The van der Waals surface area contributed by atoms with Gasteiger partial charge in [0.1, 0.15) is 24.0 Å².